The van der Waals surface area contributed by atoms with Gasteiger partial charge in [-0.3, -0.25) is 0 Å². The minimum absolute atomic E-state index is 0.124. The Balaban J connectivity index is 2.06. The maximum absolute atomic E-state index is 9.90. The van der Waals surface area contributed by atoms with Gasteiger partial charge in [0, 0.05) is 0 Å². The lowest BCUT2D eigenvalue weighted by Gasteiger charge is -2.15. The molecule has 0 spiro atoms. The maximum Gasteiger partial charge on any atom is 0.125 e. The van der Waals surface area contributed by atoms with E-state index in [1.807, 2.05) is 0 Å². The molecule has 1 atom stereocenters. The molecule has 2 rings (SSSR count). The molecule has 0 saturated heterocycles. The quantitative estimate of drug-likeness (QED) is 0.848. The molecule has 1 aliphatic rings. The SMILES string of the molecule is COc1c(CCC(O)C2CC2)ccc(C)c1C. The molecule has 1 fully saturated rings. The molecule has 2 nitrogen and oxygen atoms in total. The summed E-state index contributed by atoms with van der Waals surface area (Å²) in [5.41, 5.74) is 3.69. The Labute approximate surface area is 104 Å². The summed E-state index contributed by atoms with van der Waals surface area (Å²) in [4.78, 5) is 0. The first-order valence-corrected chi connectivity index (χ1v) is 6.44. The summed E-state index contributed by atoms with van der Waals surface area (Å²) in [5.74, 6) is 1.56. The first-order chi connectivity index (χ1) is 8.13. The van der Waals surface area contributed by atoms with E-state index in [0.29, 0.717) is 5.92 Å². The Kier molecular flexibility index (Phi) is 3.72. The molecule has 1 saturated carbocycles. The standard InChI is InChI=1S/C15H22O2/c1-10-4-5-13(15(17-3)11(10)2)8-9-14(16)12-6-7-12/h4-5,12,14,16H,6-9H2,1-3H3. The number of methoxy groups -OCH3 is 1. The molecule has 1 aromatic carbocycles. The van der Waals surface area contributed by atoms with Crippen molar-refractivity contribution in [3.8, 4) is 5.75 Å². The molecule has 94 valence electrons. The Morgan fingerprint density at radius 1 is 1.35 bits per heavy atom. The second-order valence-corrected chi connectivity index (χ2v) is 5.14. The topological polar surface area (TPSA) is 29.5 Å². The summed E-state index contributed by atoms with van der Waals surface area (Å²) in [5, 5.41) is 9.90. The Morgan fingerprint density at radius 2 is 2.06 bits per heavy atom. The molecule has 0 aromatic heterocycles. The monoisotopic (exact) mass is 234 g/mol. The Hall–Kier alpha value is -1.02. The maximum atomic E-state index is 9.90. The van der Waals surface area contributed by atoms with Gasteiger partial charge in [0.1, 0.15) is 5.75 Å². The Morgan fingerprint density at radius 3 is 2.65 bits per heavy atom. The highest BCUT2D eigenvalue weighted by Crippen LogP contribution is 2.35. The normalized spacial score (nSPS) is 16.9. The van der Waals surface area contributed by atoms with Crippen molar-refractivity contribution in [3.05, 3.63) is 28.8 Å². The third kappa shape index (κ3) is 2.81. The van der Waals surface area contributed by atoms with Crippen LogP contribution in [0.15, 0.2) is 12.1 Å². The molecule has 0 amide bonds. The largest absolute Gasteiger partial charge is 0.496 e. The molecule has 1 aliphatic carbocycles. The molecule has 0 radical (unpaired) electrons. The molecule has 1 N–H and O–H groups in total. The van der Waals surface area contributed by atoms with Gasteiger partial charge in [-0.25, -0.2) is 0 Å². The molecular formula is C15H22O2. The van der Waals surface area contributed by atoms with Gasteiger partial charge < -0.3 is 9.84 Å². The van der Waals surface area contributed by atoms with Crippen LogP contribution in [0.2, 0.25) is 0 Å². The van der Waals surface area contributed by atoms with Crippen molar-refractivity contribution in [2.24, 2.45) is 5.92 Å². The third-order valence-electron chi connectivity index (χ3n) is 3.84. The van der Waals surface area contributed by atoms with Gasteiger partial charge >= 0.3 is 0 Å². The number of hydrogen-bond acceptors (Lipinski definition) is 2. The molecule has 0 bridgehead atoms. The summed E-state index contributed by atoms with van der Waals surface area (Å²) in [7, 11) is 1.72. The Bertz CT molecular complexity index is 394. The fourth-order valence-corrected chi connectivity index (χ4v) is 2.35. The van der Waals surface area contributed by atoms with Crippen LogP contribution in [0.4, 0.5) is 0 Å². The molecule has 1 unspecified atom stereocenters. The third-order valence-corrected chi connectivity index (χ3v) is 3.84. The van der Waals surface area contributed by atoms with Crippen molar-refractivity contribution in [2.45, 2.75) is 45.6 Å². The number of rotatable bonds is 5. The number of benzene rings is 1. The molecule has 1 aromatic rings. The van der Waals surface area contributed by atoms with Crippen LogP contribution < -0.4 is 4.74 Å². The van der Waals surface area contributed by atoms with Crippen LogP contribution in [-0.2, 0) is 6.42 Å². The van der Waals surface area contributed by atoms with E-state index in [-0.39, 0.29) is 6.10 Å². The van der Waals surface area contributed by atoms with Crippen LogP contribution in [0.3, 0.4) is 0 Å². The molecule has 0 aliphatic heterocycles. The van der Waals surface area contributed by atoms with E-state index in [2.05, 4.69) is 26.0 Å². The van der Waals surface area contributed by atoms with Gasteiger partial charge in [-0.1, -0.05) is 12.1 Å². The van der Waals surface area contributed by atoms with Gasteiger partial charge in [-0.05, 0) is 62.1 Å². The molecule has 2 heteroatoms. The predicted molar refractivity (Wildman–Crippen MR) is 69.5 cm³/mol. The zero-order valence-electron chi connectivity index (χ0n) is 11.0. The van der Waals surface area contributed by atoms with E-state index in [1.165, 1.54) is 29.5 Å². The molecule has 0 heterocycles. The van der Waals surface area contributed by atoms with Crippen LogP contribution in [0.1, 0.15) is 36.0 Å². The van der Waals surface area contributed by atoms with Crippen LogP contribution in [0.5, 0.6) is 5.75 Å². The number of aryl methyl sites for hydroxylation is 2. The van der Waals surface area contributed by atoms with Crippen molar-refractivity contribution in [1.29, 1.82) is 0 Å². The summed E-state index contributed by atoms with van der Waals surface area (Å²) in [6, 6.07) is 4.26. The first-order valence-electron chi connectivity index (χ1n) is 6.44. The molecular weight excluding hydrogens is 212 g/mol. The summed E-state index contributed by atoms with van der Waals surface area (Å²) in [6.45, 7) is 4.19. The number of aliphatic hydroxyl groups is 1. The second-order valence-electron chi connectivity index (χ2n) is 5.14. The zero-order chi connectivity index (χ0) is 12.4. The minimum Gasteiger partial charge on any atom is -0.496 e. The van der Waals surface area contributed by atoms with Gasteiger partial charge in [0.2, 0.25) is 0 Å². The first kappa shape index (κ1) is 12.4. The van der Waals surface area contributed by atoms with E-state index in [4.69, 9.17) is 4.74 Å². The highest BCUT2D eigenvalue weighted by atomic mass is 16.5. The van der Waals surface area contributed by atoms with Gasteiger partial charge in [0.05, 0.1) is 13.2 Å². The lowest BCUT2D eigenvalue weighted by atomic mass is 9.99. The van der Waals surface area contributed by atoms with E-state index < -0.39 is 0 Å². The van der Waals surface area contributed by atoms with E-state index in [9.17, 15) is 5.11 Å². The van der Waals surface area contributed by atoms with Gasteiger partial charge in [0.25, 0.3) is 0 Å². The van der Waals surface area contributed by atoms with Crippen molar-refractivity contribution in [3.63, 3.8) is 0 Å². The number of ether oxygens (including phenoxy) is 1. The van der Waals surface area contributed by atoms with E-state index in [0.717, 1.165) is 18.6 Å². The van der Waals surface area contributed by atoms with Gasteiger partial charge in [-0.15, -0.1) is 0 Å². The van der Waals surface area contributed by atoms with E-state index >= 15 is 0 Å². The minimum atomic E-state index is -0.124. The lowest BCUT2D eigenvalue weighted by molar-refractivity contribution is 0.141. The van der Waals surface area contributed by atoms with E-state index in [1.54, 1.807) is 7.11 Å². The summed E-state index contributed by atoms with van der Waals surface area (Å²) in [6.07, 6.45) is 4.03. The molecule has 17 heavy (non-hydrogen) atoms. The average Bonchev–Trinajstić information content (AvgIpc) is 3.14. The predicted octanol–water partition coefficient (Wildman–Crippen LogP) is 3.02. The fourth-order valence-electron chi connectivity index (χ4n) is 2.35. The smallest absolute Gasteiger partial charge is 0.125 e. The van der Waals surface area contributed by atoms with Gasteiger partial charge in [-0.2, -0.15) is 0 Å². The number of hydrogen-bond donors (Lipinski definition) is 1. The van der Waals surface area contributed by atoms with Crippen molar-refractivity contribution < 1.29 is 9.84 Å². The van der Waals surface area contributed by atoms with Crippen molar-refractivity contribution >= 4 is 0 Å². The van der Waals surface area contributed by atoms with Crippen LogP contribution in [0.25, 0.3) is 0 Å². The second kappa shape index (κ2) is 5.09. The van der Waals surface area contributed by atoms with Crippen molar-refractivity contribution in [1.82, 2.24) is 0 Å². The number of aliphatic hydroxyl groups excluding tert-OH is 1. The zero-order valence-corrected chi connectivity index (χ0v) is 11.0. The summed E-state index contributed by atoms with van der Waals surface area (Å²) >= 11 is 0. The van der Waals surface area contributed by atoms with Gasteiger partial charge in [0.15, 0.2) is 0 Å². The lowest BCUT2D eigenvalue weighted by Crippen LogP contribution is -2.10. The van der Waals surface area contributed by atoms with Crippen molar-refractivity contribution in [2.75, 3.05) is 7.11 Å². The average molecular weight is 234 g/mol. The highest BCUT2D eigenvalue weighted by molar-refractivity contribution is 5.45. The highest BCUT2D eigenvalue weighted by Gasteiger charge is 2.29. The van der Waals surface area contributed by atoms with Crippen LogP contribution in [-0.4, -0.2) is 18.3 Å². The van der Waals surface area contributed by atoms with Crippen LogP contribution >= 0.6 is 0 Å². The van der Waals surface area contributed by atoms with Crippen LogP contribution in [0, 0.1) is 19.8 Å². The fraction of sp³-hybridized carbons (Fsp3) is 0.600. The summed E-state index contributed by atoms with van der Waals surface area (Å²) < 4.78 is 5.48.